The summed E-state index contributed by atoms with van der Waals surface area (Å²) in [5, 5.41) is 3.25. The number of ether oxygens (including phenoxy) is 3. The van der Waals surface area contributed by atoms with E-state index in [0.717, 1.165) is 22.4 Å². The number of nitrogens with zero attached hydrogens (tertiary/aromatic N) is 1. The Morgan fingerprint density at radius 1 is 1.05 bits per heavy atom. The van der Waals surface area contributed by atoms with Crippen molar-refractivity contribution < 1.29 is 32.2 Å². The monoisotopic (exact) mass is 598 g/mol. The van der Waals surface area contributed by atoms with E-state index in [4.69, 9.17) is 14.2 Å². The maximum atomic E-state index is 13.3. The third-order valence-electron chi connectivity index (χ3n) is 7.34. The molecule has 2 aliphatic heterocycles. The molecule has 5 rings (SSSR count). The van der Waals surface area contributed by atoms with E-state index in [9.17, 15) is 18.0 Å². The van der Waals surface area contributed by atoms with E-state index < -0.39 is 21.9 Å². The van der Waals surface area contributed by atoms with Gasteiger partial charge in [0.05, 0.1) is 17.1 Å². The normalized spacial score (nSPS) is 18.7. The fraction of sp³-hybridized carbons (Fsp3) is 0.400. The lowest BCUT2D eigenvalue weighted by atomic mass is 9.94. The summed E-state index contributed by atoms with van der Waals surface area (Å²) in [6.07, 6.45) is 1.52. The molecule has 1 saturated heterocycles. The summed E-state index contributed by atoms with van der Waals surface area (Å²) in [6.45, 7) is 9.03. The first kappa shape index (κ1) is 29.1. The molecule has 41 heavy (non-hydrogen) atoms. The van der Waals surface area contributed by atoms with Crippen LogP contribution in [0.15, 0.2) is 47.4 Å². The lowest BCUT2D eigenvalue weighted by molar-refractivity contribution is 0.0527. The quantitative estimate of drug-likeness (QED) is 0.342. The van der Waals surface area contributed by atoms with Gasteiger partial charge in [-0.1, -0.05) is 19.9 Å². The van der Waals surface area contributed by atoms with Gasteiger partial charge in [-0.25, -0.2) is 13.2 Å². The maximum Gasteiger partial charge on any atom is 0.341 e. The van der Waals surface area contributed by atoms with Crippen molar-refractivity contribution in [2.24, 2.45) is 11.8 Å². The van der Waals surface area contributed by atoms with Gasteiger partial charge in [-0.3, -0.25) is 4.79 Å². The summed E-state index contributed by atoms with van der Waals surface area (Å²) < 4.78 is 44.2. The zero-order valence-corrected chi connectivity index (χ0v) is 25.2. The van der Waals surface area contributed by atoms with Crippen molar-refractivity contribution in [2.75, 3.05) is 31.8 Å². The first-order chi connectivity index (χ1) is 19.6. The van der Waals surface area contributed by atoms with E-state index >= 15 is 0 Å². The fourth-order valence-electron chi connectivity index (χ4n) is 5.41. The van der Waals surface area contributed by atoms with E-state index in [0.29, 0.717) is 41.6 Å². The highest BCUT2D eigenvalue weighted by Gasteiger charge is 2.32. The van der Waals surface area contributed by atoms with Gasteiger partial charge in [0.1, 0.15) is 5.00 Å². The average Bonchev–Trinajstić information content (AvgIpc) is 3.52. The van der Waals surface area contributed by atoms with E-state index in [-0.39, 0.29) is 35.7 Å². The van der Waals surface area contributed by atoms with Gasteiger partial charge in [0.2, 0.25) is 16.8 Å². The molecule has 2 atom stereocenters. The first-order valence-corrected chi connectivity index (χ1v) is 15.9. The second-order valence-electron chi connectivity index (χ2n) is 10.7. The fourth-order valence-corrected chi connectivity index (χ4v) is 8.31. The minimum absolute atomic E-state index is 0.153. The predicted molar refractivity (Wildman–Crippen MR) is 156 cm³/mol. The molecule has 0 spiro atoms. The number of carbonyl (C=O) groups is 2. The summed E-state index contributed by atoms with van der Waals surface area (Å²) >= 11 is 1.31. The number of esters is 1. The minimum Gasteiger partial charge on any atom is -0.462 e. The molecule has 0 radical (unpaired) electrons. The number of carbonyl (C=O) groups excluding carboxylic acids is 2. The van der Waals surface area contributed by atoms with Gasteiger partial charge in [0, 0.05) is 30.0 Å². The number of piperidine rings is 1. The summed E-state index contributed by atoms with van der Waals surface area (Å²) in [6, 6.07) is 11.6. The van der Waals surface area contributed by atoms with Gasteiger partial charge in [-0.15, -0.1) is 11.3 Å². The number of amides is 1. The highest BCUT2D eigenvalue weighted by Crippen LogP contribution is 2.38. The van der Waals surface area contributed by atoms with Gasteiger partial charge in [-0.2, -0.15) is 4.31 Å². The average molecular weight is 599 g/mol. The second-order valence-corrected chi connectivity index (χ2v) is 13.7. The number of hydrogen-bond donors (Lipinski definition) is 1. The molecular formula is C30H34N2O7S2. The molecular weight excluding hydrogens is 564 g/mol. The minimum atomic E-state index is -3.66. The highest BCUT2D eigenvalue weighted by atomic mass is 32.2. The molecule has 2 aromatic carbocycles. The molecule has 0 saturated carbocycles. The first-order valence-electron chi connectivity index (χ1n) is 13.7. The summed E-state index contributed by atoms with van der Waals surface area (Å²) in [4.78, 5) is 27.2. The van der Waals surface area contributed by atoms with Gasteiger partial charge < -0.3 is 19.5 Å². The van der Waals surface area contributed by atoms with Crippen molar-refractivity contribution in [3.63, 3.8) is 0 Å². The van der Waals surface area contributed by atoms with Crippen LogP contribution in [-0.4, -0.2) is 51.1 Å². The Morgan fingerprint density at radius 2 is 1.73 bits per heavy atom. The van der Waals surface area contributed by atoms with Crippen LogP contribution in [0, 0.1) is 18.8 Å². The molecule has 3 heterocycles. The lowest BCUT2D eigenvalue weighted by Crippen LogP contribution is -2.42. The summed E-state index contributed by atoms with van der Waals surface area (Å²) in [5.41, 5.74) is 2.30. The third kappa shape index (κ3) is 6.12. The van der Waals surface area contributed by atoms with Crippen molar-refractivity contribution in [1.29, 1.82) is 0 Å². The van der Waals surface area contributed by atoms with Gasteiger partial charge in [0.25, 0.3) is 5.91 Å². The molecule has 0 aliphatic carbocycles. The number of hydrogen-bond acceptors (Lipinski definition) is 8. The van der Waals surface area contributed by atoms with Crippen LogP contribution in [0.2, 0.25) is 0 Å². The molecule has 218 valence electrons. The van der Waals surface area contributed by atoms with Crippen LogP contribution in [0.25, 0.3) is 0 Å². The van der Waals surface area contributed by atoms with Crippen LogP contribution < -0.4 is 14.8 Å². The Balaban J connectivity index is 1.37. The Labute approximate surface area is 244 Å². The van der Waals surface area contributed by atoms with E-state index in [2.05, 4.69) is 19.2 Å². The molecule has 1 aromatic heterocycles. The van der Waals surface area contributed by atoms with Gasteiger partial charge in [0.15, 0.2) is 11.5 Å². The molecule has 0 unspecified atom stereocenters. The van der Waals surface area contributed by atoms with Crippen LogP contribution in [-0.2, 0) is 21.2 Å². The largest absolute Gasteiger partial charge is 0.462 e. The van der Waals surface area contributed by atoms with Crippen LogP contribution >= 0.6 is 11.3 Å². The van der Waals surface area contributed by atoms with Crippen molar-refractivity contribution in [3.8, 4) is 11.5 Å². The Hall–Kier alpha value is -3.41. The van der Waals surface area contributed by atoms with Crippen LogP contribution in [0.4, 0.5) is 5.00 Å². The van der Waals surface area contributed by atoms with Crippen LogP contribution in [0.5, 0.6) is 11.5 Å². The molecule has 3 aromatic rings. The predicted octanol–water partition coefficient (Wildman–Crippen LogP) is 5.47. The van der Waals surface area contributed by atoms with Gasteiger partial charge in [-0.05, 0) is 79.6 Å². The number of thiophene rings is 1. The molecule has 1 N–H and O–H groups in total. The van der Waals surface area contributed by atoms with Crippen molar-refractivity contribution in [3.05, 3.63) is 69.6 Å². The SMILES string of the molecule is CCOC(=O)c1c(NC(=O)c2ccc(S(=O)(=O)N3C[C@H](C)C[C@H](C)C3)cc2)sc(Cc2ccc3c(c2)OCO3)c1C. The van der Waals surface area contributed by atoms with Crippen molar-refractivity contribution in [2.45, 2.75) is 45.4 Å². The van der Waals surface area contributed by atoms with E-state index in [1.54, 1.807) is 6.92 Å². The maximum absolute atomic E-state index is 13.3. The topological polar surface area (TPSA) is 111 Å². The molecule has 0 bridgehead atoms. The molecule has 1 amide bonds. The molecule has 9 nitrogen and oxygen atoms in total. The van der Waals surface area contributed by atoms with E-state index in [1.165, 1.54) is 39.9 Å². The number of rotatable bonds is 8. The standard InChI is InChI=1S/C30H34N2O7S2/c1-5-37-30(34)27-20(4)26(14-21-6-11-24-25(13-21)39-17-38-24)40-29(27)31-28(33)22-7-9-23(10-8-22)41(35,36)32-15-18(2)12-19(3)16-32/h6-11,13,18-19H,5,12,14-17H2,1-4H3,(H,31,33)/t18-,19+. The van der Waals surface area contributed by atoms with Crippen LogP contribution in [0.3, 0.4) is 0 Å². The number of benzene rings is 2. The van der Waals surface area contributed by atoms with Crippen LogP contribution in [0.1, 0.15) is 63.9 Å². The van der Waals surface area contributed by atoms with Crippen molar-refractivity contribution in [1.82, 2.24) is 4.31 Å². The number of sulfonamides is 1. The Morgan fingerprint density at radius 3 is 2.41 bits per heavy atom. The Kier molecular flexibility index (Phi) is 8.40. The number of fused-ring (bicyclic) bond motifs is 1. The van der Waals surface area contributed by atoms with E-state index in [1.807, 2.05) is 25.1 Å². The molecule has 2 aliphatic rings. The van der Waals surface area contributed by atoms with Gasteiger partial charge >= 0.3 is 5.97 Å². The zero-order valence-electron chi connectivity index (χ0n) is 23.6. The lowest BCUT2D eigenvalue weighted by Gasteiger charge is -2.34. The smallest absolute Gasteiger partial charge is 0.341 e. The van der Waals surface area contributed by atoms with Crippen molar-refractivity contribution >= 4 is 38.2 Å². The number of nitrogens with one attached hydrogen (secondary N) is 1. The Bertz CT molecular complexity index is 1550. The second kappa shape index (κ2) is 11.8. The molecule has 1 fully saturated rings. The summed E-state index contributed by atoms with van der Waals surface area (Å²) in [7, 11) is -3.66. The highest BCUT2D eigenvalue weighted by molar-refractivity contribution is 7.89. The molecule has 11 heteroatoms. The zero-order chi connectivity index (χ0) is 29.3. The number of anilines is 1. The summed E-state index contributed by atoms with van der Waals surface area (Å²) in [5.74, 6) is 0.976. The third-order valence-corrected chi connectivity index (χ3v) is 10.4.